The van der Waals surface area contributed by atoms with E-state index in [0.717, 1.165) is 10.8 Å². The Kier molecular flexibility index (Phi) is 5.39. The zero-order valence-electron chi connectivity index (χ0n) is 6.09. The highest BCUT2D eigenvalue weighted by atomic mass is 79.9. The maximum atomic E-state index is 10.1. The van der Waals surface area contributed by atoms with Crippen LogP contribution >= 0.6 is 15.9 Å². The van der Waals surface area contributed by atoms with E-state index >= 15 is 0 Å². The second-order valence-electron chi connectivity index (χ2n) is 1.67. The Labute approximate surface area is 74.9 Å². The SMILES string of the molecule is C=C.O=Cc1ccc(Br)cc1. The topological polar surface area (TPSA) is 17.1 Å². The maximum Gasteiger partial charge on any atom is 0.150 e. The van der Waals surface area contributed by atoms with Gasteiger partial charge in [-0.2, -0.15) is 0 Å². The van der Waals surface area contributed by atoms with Gasteiger partial charge in [0.1, 0.15) is 6.29 Å². The first-order valence-corrected chi connectivity index (χ1v) is 3.83. The molecule has 0 atom stereocenters. The van der Waals surface area contributed by atoms with Gasteiger partial charge in [0.2, 0.25) is 0 Å². The summed E-state index contributed by atoms with van der Waals surface area (Å²) in [6, 6.07) is 7.20. The second-order valence-corrected chi connectivity index (χ2v) is 2.59. The Hall–Kier alpha value is -0.890. The first kappa shape index (κ1) is 10.1. The average molecular weight is 213 g/mol. The van der Waals surface area contributed by atoms with E-state index in [0.29, 0.717) is 5.56 Å². The Morgan fingerprint density at radius 2 is 1.64 bits per heavy atom. The predicted octanol–water partition coefficient (Wildman–Crippen LogP) is 3.06. The van der Waals surface area contributed by atoms with Gasteiger partial charge in [-0.15, -0.1) is 13.2 Å². The Morgan fingerprint density at radius 3 is 2.00 bits per heavy atom. The molecule has 0 spiro atoms. The Bertz CT molecular complexity index is 216. The highest BCUT2D eigenvalue weighted by molar-refractivity contribution is 9.10. The normalized spacial score (nSPS) is 7.73. The molecule has 1 aromatic carbocycles. The number of rotatable bonds is 1. The molecule has 0 N–H and O–H groups in total. The third-order valence-electron chi connectivity index (χ3n) is 1.01. The molecule has 1 nitrogen and oxygen atoms in total. The molecule has 58 valence electrons. The van der Waals surface area contributed by atoms with Gasteiger partial charge in [0.05, 0.1) is 0 Å². The standard InChI is InChI=1S/C7H5BrO.C2H4/c8-7-3-1-6(5-9)2-4-7;1-2/h1-5H;1-2H2. The van der Waals surface area contributed by atoms with E-state index in [4.69, 9.17) is 0 Å². The van der Waals surface area contributed by atoms with Gasteiger partial charge in [0.15, 0.2) is 0 Å². The van der Waals surface area contributed by atoms with E-state index in [1.165, 1.54) is 0 Å². The summed E-state index contributed by atoms with van der Waals surface area (Å²) in [6.07, 6.45) is 0.826. The van der Waals surface area contributed by atoms with E-state index in [-0.39, 0.29) is 0 Å². The molecular formula is C9H9BrO. The van der Waals surface area contributed by atoms with Gasteiger partial charge in [0, 0.05) is 10.0 Å². The minimum absolute atomic E-state index is 0.707. The molecule has 0 saturated heterocycles. The van der Waals surface area contributed by atoms with Gasteiger partial charge in [-0.3, -0.25) is 4.79 Å². The van der Waals surface area contributed by atoms with Crippen LogP contribution < -0.4 is 0 Å². The van der Waals surface area contributed by atoms with Crippen LogP contribution in [0.15, 0.2) is 41.9 Å². The lowest BCUT2D eigenvalue weighted by Crippen LogP contribution is -1.75. The van der Waals surface area contributed by atoms with Crippen LogP contribution in [-0.4, -0.2) is 6.29 Å². The summed E-state index contributed by atoms with van der Waals surface area (Å²) in [5.41, 5.74) is 0.707. The summed E-state index contributed by atoms with van der Waals surface area (Å²) < 4.78 is 0.994. The van der Waals surface area contributed by atoms with Crippen molar-refractivity contribution in [1.82, 2.24) is 0 Å². The summed E-state index contributed by atoms with van der Waals surface area (Å²) in [6.45, 7) is 6.00. The molecule has 1 aromatic rings. The highest BCUT2D eigenvalue weighted by Crippen LogP contribution is 2.08. The van der Waals surface area contributed by atoms with Crippen LogP contribution in [0.1, 0.15) is 10.4 Å². The van der Waals surface area contributed by atoms with Gasteiger partial charge in [-0.1, -0.05) is 28.1 Å². The molecule has 0 bridgehead atoms. The van der Waals surface area contributed by atoms with Gasteiger partial charge in [-0.05, 0) is 12.1 Å². The molecule has 0 aliphatic heterocycles. The molecule has 0 unspecified atom stereocenters. The van der Waals surface area contributed by atoms with Crippen molar-refractivity contribution >= 4 is 22.2 Å². The van der Waals surface area contributed by atoms with Crippen molar-refractivity contribution in [3.63, 3.8) is 0 Å². The molecule has 1 rings (SSSR count). The van der Waals surface area contributed by atoms with Crippen LogP contribution in [0.4, 0.5) is 0 Å². The first-order chi connectivity index (χ1) is 5.33. The van der Waals surface area contributed by atoms with Crippen molar-refractivity contribution in [3.05, 3.63) is 47.5 Å². The number of carbonyl (C=O) groups is 1. The third-order valence-corrected chi connectivity index (χ3v) is 1.53. The summed E-state index contributed by atoms with van der Waals surface area (Å²) in [5, 5.41) is 0. The molecule has 0 fully saturated rings. The maximum absolute atomic E-state index is 10.1. The number of carbonyl (C=O) groups excluding carboxylic acids is 1. The van der Waals surface area contributed by atoms with Crippen LogP contribution in [0.3, 0.4) is 0 Å². The van der Waals surface area contributed by atoms with Crippen molar-refractivity contribution in [1.29, 1.82) is 0 Å². The quantitative estimate of drug-likeness (QED) is 0.517. The lowest BCUT2D eigenvalue weighted by atomic mass is 10.2. The summed E-state index contributed by atoms with van der Waals surface area (Å²) in [4.78, 5) is 10.1. The van der Waals surface area contributed by atoms with Crippen LogP contribution in [0.5, 0.6) is 0 Å². The van der Waals surface area contributed by atoms with Crippen molar-refractivity contribution in [2.24, 2.45) is 0 Å². The van der Waals surface area contributed by atoms with Gasteiger partial charge < -0.3 is 0 Å². The van der Waals surface area contributed by atoms with Crippen LogP contribution in [0.2, 0.25) is 0 Å². The number of hydrogen-bond donors (Lipinski definition) is 0. The second kappa shape index (κ2) is 5.86. The highest BCUT2D eigenvalue weighted by Gasteiger charge is 1.86. The van der Waals surface area contributed by atoms with Crippen molar-refractivity contribution in [2.45, 2.75) is 0 Å². The molecule has 0 saturated carbocycles. The van der Waals surface area contributed by atoms with Crippen molar-refractivity contribution in [3.8, 4) is 0 Å². The van der Waals surface area contributed by atoms with E-state index in [1.807, 2.05) is 12.1 Å². The first-order valence-electron chi connectivity index (χ1n) is 3.03. The van der Waals surface area contributed by atoms with Crippen LogP contribution in [0.25, 0.3) is 0 Å². The Morgan fingerprint density at radius 1 is 1.18 bits per heavy atom. The van der Waals surface area contributed by atoms with E-state index in [1.54, 1.807) is 12.1 Å². The fourth-order valence-corrected chi connectivity index (χ4v) is 0.806. The fraction of sp³-hybridized carbons (Fsp3) is 0. The molecule has 11 heavy (non-hydrogen) atoms. The molecule has 0 aromatic heterocycles. The Balaban J connectivity index is 0.000000461. The van der Waals surface area contributed by atoms with Crippen molar-refractivity contribution in [2.75, 3.05) is 0 Å². The smallest absolute Gasteiger partial charge is 0.150 e. The molecule has 0 aliphatic carbocycles. The lowest BCUT2D eigenvalue weighted by molar-refractivity contribution is 0.112. The molecule has 2 heteroatoms. The van der Waals surface area contributed by atoms with Gasteiger partial charge in [-0.25, -0.2) is 0 Å². The van der Waals surface area contributed by atoms with Crippen LogP contribution in [-0.2, 0) is 0 Å². The average Bonchev–Trinajstić information content (AvgIpc) is 2.10. The molecule has 0 aliphatic rings. The minimum Gasteiger partial charge on any atom is -0.298 e. The molecule has 0 amide bonds. The van der Waals surface area contributed by atoms with Crippen molar-refractivity contribution < 1.29 is 4.79 Å². The minimum atomic E-state index is 0.707. The monoisotopic (exact) mass is 212 g/mol. The van der Waals surface area contributed by atoms with Gasteiger partial charge in [0.25, 0.3) is 0 Å². The van der Waals surface area contributed by atoms with E-state index < -0.39 is 0 Å². The fourth-order valence-electron chi connectivity index (χ4n) is 0.541. The van der Waals surface area contributed by atoms with E-state index in [9.17, 15) is 4.79 Å². The molecule has 0 radical (unpaired) electrons. The summed E-state index contributed by atoms with van der Waals surface area (Å²) >= 11 is 3.26. The number of aldehydes is 1. The molecular weight excluding hydrogens is 204 g/mol. The van der Waals surface area contributed by atoms with Crippen LogP contribution in [0, 0.1) is 0 Å². The number of hydrogen-bond acceptors (Lipinski definition) is 1. The molecule has 0 heterocycles. The largest absolute Gasteiger partial charge is 0.298 e. The number of halogens is 1. The lowest BCUT2D eigenvalue weighted by Gasteiger charge is -1.87. The summed E-state index contributed by atoms with van der Waals surface area (Å²) in [7, 11) is 0. The zero-order chi connectivity index (χ0) is 8.69. The van der Waals surface area contributed by atoms with Gasteiger partial charge >= 0.3 is 0 Å². The predicted molar refractivity (Wildman–Crippen MR) is 50.8 cm³/mol. The number of benzene rings is 1. The summed E-state index contributed by atoms with van der Waals surface area (Å²) in [5.74, 6) is 0. The zero-order valence-corrected chi connectivity index (χ0v) is 7.67. The van der Waals surface area contributed by atoms with E-state index in [2.05, 4.69) is 29.1 Å². The third kappa shape index (κ3) is 3.73.